The summed E-state index contributed by atoms with van der Waals surface area (Å²) in [5.74, 6) is -1.77. The summed E-state index contributed by atoms with van der Waals surface area (Å²) < 4.78 is 6.75. The monoisotopic (exact) mass is 507 g/mol. The minimum Gasteiger partial charge on any atom is -0.396 e. The number of carbonyl (C=O) groups excluding carboxylic acids is 3. The zero-order chi connectivity index (χ0) is 27.1. The van der Waals surface area contributed by atoms with Crippen LogP contribution in [0.5, 0.6) is 0 Å². The van der Waals surface area contributed by atoms with Gasteiger partial charge in [0.2, 0.25) is 17.7 Å². The topological polar surface area (TPSA) is 108 Å². The average molecular weight is 508 g/mol. The predicted molar refractivity (Wildman–Crippen MR) is 139 cm³/mol. The fraction of sp³-hybridized carbons (Fsp3) is 0.893. The number of rotatable bonds is 11. The lowest BCUT2D eigenvalue weighted by Gasteiger charge is -2.38. The van der Waals surface area contributed by atoms with E-state index >= 15 is 0 Å². The van der Waals surface area contributed by atoms with Crippen LogP contribution in [0.4, 0.5) is 0 Å². The first-order valence-electron chi connectivity index (χ1n) is 13.8. The van der Waals surface area contributed by atoms with Crippen LogP contribution in [-0.2, 0) is 19.1 Å². The van der Waals surface area contributed by atoms with Gasteiger partial charge in [0.05, 0.1) is 17.4 Å². The van der Waals surface area contributed by atoms with Gasteiger partial charge in [-0.3, -0.25) is 14.4 Å². The maximum atomic E-state index is 14.1. The van der Waals surface area contributed by atoms with Crippen molar-refractivity contribution in [3.05, 3.63) is 0 Å². The normalized spacial score (nSPS) is 33.7. The summed E-state index contributed by atoms with van der Waals surface area (Å²) in [4.78, 5) is 43.2. The van der Waals surface area contributed by atoms with Crippen molar-refractivity contribution in [2.45, 2.75) is 117 Å². The number of amides is 3. The Balaban J connectivity index is 1.99. The van der Waals surface area contributed by atoms with Crippen LogP contribution in [0.25, 0.3) is 0 Å². The van der Waals surface area contributed by atoms with E-state index in [1.165, 1.54) is 0 Å². The Kier molecular flexibility index (Phi) is 8.22. The summed E-state index contributed by atoms with van der Waals surface area (Å²) in [7, 11) is 0. The van der Waals surface area contributed by atoms with Crippen molar-refractivity contribution in [1.29, 1.82) is 0 Å². The molecule has 0 aromatic rings. The molecule has 8 heteroatoms. The molecule has 0 saturated carbocycles. The molecular formula is C28H49N3O5. The zero-order valence-electron chi connectivity index (χ0n) is 23.7. The highest BCUT2D eigenvalue weighted by Gasteiger charge is 2.79. The van der Waals surface area contributed by atoms with Gasteiger partial charge in [0.1, 0.15) is 11.6 Å². The van der Waals surface area contributed by atoms with E-state index in [1.807, 2.05) is 27.7 Å². The van der Waals surface area contributed by atoms with Gasteiger partial charge in [0.25, 0.3) is 0 Å². The van der Waals surface area contributed by atoms with E-state index in [9.17, 15) is 19.5 Å². The van der Waals surface area contributed by atoms with Gasteiger partial charge in [0.15, 0.2) is 0 Å². The van der Waals surface area contributed by atoms with Crippen LogP contribution in [-0.4, -0.2) is 70.2 Å². The second-order valence-corrected chi connectivity index (χ2v) is 13.4. The van der Waals surface area contributed by atoms with Crippen molar-refractivity contribution < 1.29 is 24.2 Å². The van der Waals surface area contributed by atoms with Gasteiger partial charge in [-0.25, -0.2) is 0 Å². The number of nitrogens with zero attached hydrogens (tertiary/aromatic N) is 1. The number of likely N-dealkylation sites (tertiary alicyclic amines) is 1. The van der Waals surface area contributed by atoms with Gasteiger partial charge >= 0.3 is 0 Å². The van der Waals surface area contributed by atoms with E-state index in [0.717, 1.165) is 19.3 Å². The molecular weight excluding hydrogens is 458 g/mol. The number of aliphatic hydroxyl groups is 1. The Morgan fingerprint density at radius 2 is 1.81 bits per heavy atom. The molecule has 0 aliphatic carbocycles. The largest absolute Gasteiger partial charge is 0.396 e. The first-order chi connectivity index (χ1) is 16.6. The van der Waals surface area contributed by atoms with Gasteiger partial charge in [-0.2, -0.15) is 0 Å². The van der Waals surface area contributed by atoms with Crippen LogP contribution in [0.15, 0.2) is 0 Å². The molecule has 8 nitrogen and oxygen atoms in total. The Bertz CT molecular complexity index is 853. The molecule has 3 N–H and O–H groups in total. The van der Waals surface area contributed by atoms with Crippen LogP contribution in [0.1, 0.15) is 93.9 Å². The molecule has 3 aliphatic heterocycles. The summed E-state index contributed by atoms with van der Waals surface area (Å²) >= 11 is 0. The van der Waals surface area contributed by atoms with Crippen LogP contribution in [0.2, 0.25) is 0 Å². The lowest BCUT2D eigenvalue weighted by molar-refractivity contribution is -0.148. The molecule has 3 amide bonds. The Labute approximate surface area is 217 Å². The minimum absolute atomic E-state index is 0.0137. The van der Waals surface area contributed by atoms with Crippen LogP contribution >= 0.6 is 0 Å². The number of unbranched alkanes of at least 4 members (excludes halogenated alkanes) is 2. The quantitative estimate of drug-likeness (QED) is 0.373. The third-order valence-electron chi connectivity index (χ3n) is 8.39. The van der Waals surface area contributed by atoms with Crippen LogP contribution in [0, 0.1) is 23.2 Å². The first-order valence-corrected chi connectivity index (χ1v) is 13.8. The minimum atomic E-state index is -1.02. The Morgan fingerprint density at radius 3 is 2.39 bits per heavy atom. The van der Waals surface area contributed by atoms with Crippen molar-refractivity contribution in [3.63, 3.8) is 0 Å². The number of nitrogens with one attached hydrogen (secondary N) is 2. The lowest BCUT2D eigenvalue weighted by atomic mass is 9.62. The number of aliphatic hydroxyl groups excluding tert-OH is 1. The van der Waals surface area contributed by atoms with Gasteiger partial charge < -0.3 is 25.4 Å². The molecule has 0 aromatic heterocycles. The molecule has 36 heavy (non-hydrogen) atoms. The molecule has 206 valence electrons. The third kappa shape index (κ3) is 5.17. The van der Waals surface area contributed by atoms with Crippen LogP contribution < -0.4 is 10.6 Å². The fourth-order valence-electron chi connectivity index (χ4n) is 7.38. The molecule has 0 aromatic carbocycles. The molecule has 3 unspecified atom stereocenters. The standard InChI is InChI=1S/C28H49N3O5/c1-9-13-29-22(33)19-20-24(35)31(14-11-10-12-15-32)21(28(20)16-18(2)27(19,8)36-28)23(34)30-26(6,7)17-25(3,4)5/h18-21,32H,9-17H2,1-8H3,(H,29,33)(H,30,34)/t18?,19-,20+,21?,27+,28?/m1/s1. The smallest absolute Gasteiger partial charge is 0.246 e. The maximum absolute atomic E-state index is 14.1. The van der Waals surface area contributed by atoms with Crippen molar-refractivity contribution in [2.24, 2.45) is 23.2 Å². The van der Waals surface area contributed by atoms with Crippen molar-refractivity contribution in [2.75, 3.05) is 19.7 Å². The molecule has 3 saturated heterocycles. The molecule has 3 aliphatic rings. The Hall–Kier alpha value is -1.67. The summed E-state index contributed by atoms with van der Waals surface area (Å²) in [5.41, 5.74) is -2.27. The van der Waals surface area contributed by atoms with Gasteiger partial charge in [-0.05, 0) is 70.6 Å². The molecule has 3 fully saturated rings. The summed E-state index contributed by atoms with van der Waals surface area (Å²) in [5, 5.41) is 15.5. The molecule has 1 spiro atoms. The number of carbonyl (C=O) groups is 3. The van der Waals surface area contributed by atoms with Gasteiger partial charge in [-0.1, -0.05) is 34.6 Å². The van der Waals surface area contributed by atoms with Crippen molar-refractivity contribution in [1.82, 2.24) is 15.5 Å². The van der Waals surface area contributed by atoms with E-state index in [1.54, 1.807) is 4.90 Å². The molecule has 6 atom stereocenters. The molecule has 3 heterocycles. The summed E-state index contributed by atoms with van der Waals surface area (Å²) in [6, 6.07) is -0.781. The SMILES string of the molecule is CCCNC(=O)[C@H]1[C@H]2C(=O)N(CCCCCO)C(C(=O)NC(C)(C)CC(C)(C)C)C23CC(C)[C@]1(C)O3. The highest BCUT2D eigenvalue weighted by atomic mass is 16.5. The number of hydrogen-bond acceptors (Lipinski definition) is 5. The second kappa shape index (κ2) is 10.2. The van der Waals surface area contributed by atoms with E-state index in [2.05, 4.69) is 38.3 Å². The van der Waals surface area contributed by atoms with Crippen molar-refractivity contribution in [3.8, 4) is 0 Å². The van der Waals surface area contributed by atoms with Gasteiger partial charge in [0, 0.05) is 25.2 Å². The number of hydrogen-bond donors (Lipinski definition) is 3. The van der Waals surface area contributed by atoms with Gasteiger partial charge in [-0.15, -0.1) is 0 Å². The Morgan fingerprint density at radius 1 is 1.14 bits per heavy atom. The first kappa shape index (κ1) is 28.9. The average Bonchev–Trinajstić information content (AvgIpc) is 3.24. The number of fused-ring (bicyclic) bond motifs is 1. The summed E-state index contributed by atoms with van der Waals surface area (Å²) in [6.07, 6.45) is 4.25. The zero-order valence-corrected chi connectivity index (χ0v) is 23.7. The number of ether oxygens (including phenoxy) is 1. The third-order valence-corrected chi connectivity index (χ3v) is 8.39. The second-order valence-electron chi connectivity index (χ2n) is 13.4. The van der Waals surface area contributed by atoms with E-state index in [-0.39, 0.29) is 35.7 Å². The van der Waals surface area contributed by atoms with Crippen LogP contribution in [0.3, 0.4) is 0 Å². The molecule has 0 radical (unpaired) electrons. The van der Waals surface area contributed by atoms with E-state index in [0.29, 0.717) is 32.4 Å². The highest BCUT2D eigenvalue weighted by molar-refractivity contribution is 5.99. The maximum Gasteiger partial charge on any atom is 0.246 e. The molecule has 3 rings (SSSR count). The van der Waals surface area contributed by atoms with Crippen molar-refractivity contribution >= 4 is 17.7 Å². The van der Waals surface area contributed by atoms with E-state index in [4.69, 9.17) is 4.74 Å². The predicted octanol–water partition coefficient (Wildman–Crippen LogP) is 3.02. The highest BCUT2D eigenvalue weighted by Crippen LogP contribution is 2.65. The van der Waals surface area contributed by atoms with E-state index < -0.39 is 34.6 Å². The lowest BCUT2D eigenvalue weighted by Crippen LogP contribution is -2.59. The summed E-state index contributed by atoms with van der Waals surface area (Å²) in [6.45, 7) is 17.5. The molecule has 2 bridgehead atoms. The fourth-order valence-corrected chi connectivity index (χ4v) is 7.38.